The summed E-state index contributed by atoms with van der Waals surface area (Å²) in [5.74, 6) is -0.348. The summed E-state index contributed by atoms with van der Waals surface area (Å²) in [6.45, 7) is 0.540. The molecule has 0 spiro atoms. The Labute approximate surface area is 104 Å². The van der Waals surface area contributed by atoms with Crippen molar-refractivity contribution >= 4 is 23.0 Å². The Morgan fingerprint density at radius 3 is 2.47 bits per heavy atom. The summed E-state index contributed by atoms with van der Waals surface area (Å²) in [5.41, 5.74) is 7.36. The molecule has 88 valence electrons. The van der Waals surface area contributed by atoms with Gasteiger partial charge in [-0.05, 0) is 35.9 Å². The van der Waals surface area contributed by atoms with E-state index in [1.807, 2.05) is 12.1 Å². The fraction of sp³-hybridized carbons (Fsp3) is 0.0769. The van der Waals surface area contributed by atoms with Gasteiger partial charge in [0.25, 0.3) is 0 Å². The van der Waals surface area contributed by atoms with Crippen LogP contribution in [0.15, 0.2) is 42.5 Å². The van der Waals surface area contributed by atoms with Gasteiger partial charge in [-0.1, -0.05) is 23.7 Å². The van der Waals surface area contributed by atoms with E-state index >= 15 is 0 Å². The Morgan fingerprint density at radius 2 is 1.82 bits per heavy atom. The Balaban J connectivity index is 2.04. The van der Waals surface area contributed by atoms with Gasteiger partial charge in [0.2, 0.25) is 0 Å². The van der Waals surface area contributed by atoms with Crippen molar-refractivity contribution in [2.45, 2.75) is 6.54 Å². The first kappa shape index (κ1) is 11.7. The van der Waals surface area contributed by atoms with E-state index in [9.17, 15) is 4.39 Å². The molecule has 0 fully saturated rings. The topological polar surface area (TPSA) is 38.0 Å². The Hall–Kier alpha value is -1.74. The molecular formula is C13H12ClFN2. The molecule has 0 saturated heterocycles. The molecule has 0 atom stereocenters. The molecule has 2 nitrogen and oxygen atoms in total. The van der Waals surface area contributed by atoms with Gasteiger partial charge in [-0.25, -0.2) is 4.39 Å². The zero-order chi connectivity index (χ0) is 12.3. The summed E-state index contributed by atoms with van der Waals surface area (Å²) in [6, 6.07) is 12.0. The molecule has 0 unspecified atom stereocenters. The lowest BCUT2D eigenvalue weighted by atomic mass is 10.2. The quantitative estimate of drug-likeness (QED) is 0.816. The number of nitrogen functional groups attached to an aromatic ring is 1. The lowest BCUT2D eigenvalue weighted by Gasteiger charge is -2.08. The highest BCUT2D eigenvalue weighted by molar-refractivity contribution is 6.30. The minimum atomic E-state index is -0.348. The molecule has 0 aliphatic carbocycles. The molecule has 2 aromatic carbocycles. The second kappa shape index (κ2) is 5.06. The van der Waals surface area contributed by atoms with Crippen LogP contribution in [0, 0.1) is 5.82 Å². The molecular weight excluding hydrogens is 239 g/mol. The summed E-state index contributed by atoms with van der Waals surface area (Å²) in [5, 5.41) is 3.69. The van der Waals surface area contributed by atoms with Crippen LogP contribution in [0.1, 0.15) is 5.56 Å². The van der Waals surface area contributed by atoms with E-state index in [2.05, 4.69) is 5.32 Å². The smallest absolute Gasteiger partial charge is 0.148 e. The van der Waals surface area contributed by atoms with Gasteiger partial charge in [0.05, 0.1) is 5.69 Å². The Bertz CT molecular complexity index is 511. The maximum Gasteiger partial charge on any atom is 0.148 e. The molecule has 0 aromatic heterocycles. The highest BCUT2D eigenvalue weighted by Gasteiger charge is 2.01. The van der Waals surface area contributed by atoms with Gasteiger partial charge in [-0.3, -0.25) is 0 Å². The highest BCUT2D eigenvalue weighted by Crippen LogP contribution is 2.18. The zero-order valence-electron chi connectivity index (χ0n) is 9.08. The molecule has 17 heavy (non-hydrogen) atoms. The first-order chi connectivity index (χ1) is 8.15. The van der Waals surface area contributed by atoms with Crippen LogP contribution in [0.2, 0.25) is 5.02 Å². The zero-order valence-corrected chi connectivity index (χ0v) is 9.84. The maximum absolute atomic E-state index is 13.5. The molecule has 0 saturated carbocycles. The first-order valence-electron chi connectivity index (χ1n) is 5.18. The maximum atomic E-state index is 13.5. The number of anilines is 2. The Morgan fingerprint density at radius 1 is 1.12 bits per heavy atom. The van der Waals surface area contributed by atoms with Crippen molar-refractivity contribution in [2.75, 3.05) is 11.1 Å². The fourth-order valence-electron chi connectivity index (χ4n) is 1.47. The van der Waals surface area contributed by atoms with Gasteiger partial charge < -0.3 is 11.1 Å². The third kappa shape index (κ3) is 3.11. The van der Waals surface area contributed by atoms with Gasteiger partial charge in [-0.15, -0.1) is 0 Å². The SMILES string of the molecule is Nc1ccc(NCc2ccc(Cl)cc2)c(F)c1. The fourth-order valence-corrected chi connectivity index (χ4v) is 1.60. The van der Waals surface area contributed by atoms with Crippen LogP contribution in [0.4, 0.5) is 15.8 Å². The van der Waals surface area contributed by atoms with Crippen molar-refractivity contribution in [1.82, 2.24) is 0 Å². The molecule has 2 rings (SSSR count). The minimum Gasteiger partial charge on any atom is -0.399 e. The standard InChI is InChI=1S/C13H12ClFN2/c14-10-3-1-9(2-4-10)8-17-13-6-5-11(16)7-12(13)15/h1-7,17H,8,16H2. The third-order valence-corrected chi connectivity index (χ3v) is 2.64. The number of halogens is 2. The average molecular weight is 251 g/mol. The summed E-state index contributed by atoms with van der Waals surface area (Å²) in [7, 11) is 0. The Kier molecular flexibility index (Phi) is 3.49. The van der Waals surface area contributed by atoms with Crippen LogP contribution in [0.3, 0.4) is 0 Å². The minimum absolute atomic E-state index is 0.348. The number of nitrogens with two attached hydrogens (primary N) is 1. The van der Waals surface area contributed by atoms with Crippen molar-refractivity contribution in [2.24, 2.45) is 0 Å². The van der Waals surface area contributed by atoms with Crippen molar-refractivity contribution in [3.05, 3.63) is 58.9 Å². The summed E-state index contributed by atoms with van der Waals surface area (Å²) in [6.07, 6.45) is 0. The largest absolute Gasteiger partial charge is 0.399 e. The molecule has 2 aromatic rings. The van der Waals surface area contributed by atoms with Crippen molar-refractivity contribution in [1.29, 1.82) is 0 Å². The molecule has 0 aliphatic heterocycles. The van der Waals surface area contributed by atoms with E-state index in [4.69, 9.17) is 17.3 Å². The third-order valence-electron chi connectivity index (χ3n) is 2.39. The van der Waals surface area contributed by atoms with Gasteiger partial charge >= 0.3 is 0 Å². The van der Waals surface area contributed by atoms with Crippen LogP contribution in [0.5, 0.6) is 0 Å². The van der Waals surface area contributed by atoms with Gasteiger partial charge in [0.15, 0.2) is 0 Å². The second-order valence-electron chi connectivity index (χ2n) is 3.72. The predicted octanol–water partition coefficient (Wildman–Crippen LogP) is 3.67. The van der Waals surface area contributed by atoms with E-state index < -0.39 is 0 Å². The predicted molar refractivity (Wildman–Crippen MR) is 69.6 cm³/mol. The molecule has 0 amide bonds. The number of hydrogen-bond donors (Lipinski definition) is 2. The van der Waals surface area contributed by atoms with Crippen molar-refractivity contribution < 1.29 is 4.39 Å². The lowest BCUT2D eigenvalue weighted by molar-refractivity contribution is 0.631. The van der Waals surface area contributed by atoms with Crippen molar-refractivity contribution in [3.63, 3.8) is 0 Å². The van der Waals surface area contributed by atoms with Crippen molar-refractivity contribution in [3.8, 4) is 0 Å². The molecule has 0 heterocycles. The lowest BCUT2D eigenvalue weighted by Crippen LogP contribution is -2.01. The van der Waals surface area contributed by atoms with Gasteiger partial charge in [-0.2, -0.15) is 0 Å². The summed E-state index contributed by atoms with van der Waals surface area (Å²) >= 11 is 5.78. The van der Waals surface area contributed by atoms with E-state index in [0.717, 1.165) is 5.56 Å². The molecule has 0 aliphatic rings. The number of hydrogen-bond acceptors (Lipinski definition) is 2. The molecule has 4 heteroatoms. The second-order valence-corrected chi connectivity index (χ2v) is 4.16. The number of rotatable bonds is 3. The van der Waals surface area contributed by atoms with E-state index in [-0.39, 0.29) is 5.82 Å². The highest BCUT2D eigenvalue weighted by atomic mass is 35.5. The van der Waals surface area contributed by atoms with Crippen LogP contribution >= 0.6 is 11.6 Å². The average Bonchev–Trinajstić information content (AvgIpc) is 2.30. The molecule has 0 bridgehead atoms. The summed E-state index contributed by atoms with van der Waals surface area (Å²) < 4.78 is 13.5. The molecule has 3 N–H and O–H groups in total. The van der Waals surface area contributed by atoms with Crippen LogP contribution in [-0.4, -0.2) is 0 Å². The first-order valence-corrected chi connectivity index (χ1v) is 5.56. The number of benzene rings is 2. The summed E-state index contributed by atoms with van der Waals surface area (Å²) in [4.78, 5) is 0. The van der Waals surface area contributed by atoms with E-state index in [0.29, 0.717) is 22.9 Å². The monoisotopic (exact) mass is 250 g/mol. The molecule has 0 radical (unpaired) electrons. The van der Waals surface area contributed by atoms with Gasteiger partial charge in [0, 0.05) is 17.3 Å². The van der Waals surface area contributed by atoms with E-state index in [1.54, 1.807) is 24.3 Å². The normalized spacial score (nSPS) is 10.2. The van der Waals surface area contributed by atoms with Crippen LogP contribution in [-0.2, 0) is 6.54 Å². The van der Waals surface area contributed by atoms with Crippen LogP contribution < -0.4 is 11.1 Å². The van der Waals surface area contributed by atoms with Crippen LogP contribution in [0.25, 0.3) is 0 Å². The van der Waals surface area contributed by atoms with E-state index in [1.165, 1.54) is 6.07 Å². The number of nitrogens with one attached hydrogen (secondary N) is 1. The van der Waals surface area contributed by atoms with Gasteiger partial charge in [0.1, 0.15) is 5.82 Å².